The van der Waals surface area contributed by atoms with Crippen molar-refractivity contribution in [1.29, 1.82) is 0 Å². The molecule has 0 saturated heterocycles. The molecule has 0 radical (unpaired) electrons. The van der Waals surface area contributed by atoms with E-state index in [4.69, 9.17) is 10.6 Å². The molecule has 1 amide bonds. The third-order valence-electron chi connectivity index (χ3n) is 2.91. The molecule has 5 nitrogen and oxygen atoms in total. The van der Waals surface area contributed by atoms with Gasteiger partial charge in [-0.1, -0.05) is 0 Å². The third-order valence-corrected chi connectivity index (χ3v) is 2.91. The zero-order valence-corrected chi connectivity index (χ0v) is 10.1. The number of nitrogens with two attached hydrogens (primary N) is 1. The highest BCUT2D eigenvalue weighted by molar-refractivity contribution is 5.75. The van der Waals surface area contributed by atoms with Crippen molar-refractivity contribution >= 4 is 5.91 Å². The van der Waals surface area contributed by atoms with Crippen LogP contribution in [0.25, 0.3) is 0 Å². The molecule has 16 heavy (non-hydrogen) atoms. The predicted molar refractivity (Wildman–Crippen MR) is 62.7 cm³/mol. The molecule has 0 aromatic carbocycles. The SMILES string of the molecule is COCCN(CCCCC(=O)NN)C1CC1. The van der Waals surface area contributed by atoms with Gasteiger partial charge in [-0.3, -0.25) is 15.1 Å². The monoisotopic (exact) mass is 229 g/mol. The van der Waals surface area contributed by atoms with E-state index in [1.807, 2.05) is 0 Å². The van der Waals surface area contributed by atoms with E-state index in [-0.39, 0.29) is 5.91 Å². The van der Waals surface area contributed by atoms with Gasteiger partial charge in [0.1, 0.15) is 0 Å². The van der Waals surface area contributed by atoms with E-state index in [1.165, 1.54) is 12.8 Å². The standard InChI is InChI=1S/C11H23N3O2/c1-16-9-8-14(10-5-6-10)7-3-2-4-11(15)13-12/h10H,2-9,12H2,1H3,(H,13,15). The smallest absolute Gasteiger partial charge is 0.233 e. The highest BCUT2D eigenvalue weighted by atomic mass is 16.5. The molecule has 0 heterocycles. The summed E-state index contributed by atoms with van der Waals surface area (Å²) in [6, 6.07) is 0.762. The van der Waals surface area contributed by atoms with E-state index >= 15 is 0 Å². The molecule has 1 aliphatic carbocycles. The van der Waals surface area contributed by atoms with Crippen molar-refractivity contribution in [1.82, 2.24) is 10.3 Å². The van der Waals surface area contributed by atoms with Crippen LogP contribution in [0.4, 0.5) is 0 Å². The summed E-state index contributed by atoms with van der Waals surface area (Å²) in [6.07, 6.45) is 5.10. The van der Waals surface area contributed by atoms with Crippen molar-refractivity contribution in [3.63, 3.8) is 0 Å². The summed E-state index contributed by atoms with van der Waals surface area (Å²) in [7, 11) is 1.73. The summed E-state index contributed by atoms with van der Waals surface area (Å²) in [4.78, 5) is 13.4. The van der Waals surface area contributed by atoms with Crippen LogP contribution in [0.5, 0.6) is 0 Å². The summed E-state index contributed by atoms with van der Waals surface area (Å²) in [5, 5.41) is 0. The quantitative estimate of drug-likeness (QED) is 0.257. The lowest BCUT2D eigenvalue weighted by Crippen LogP contribution is -2.31. The number of unbranched alkanes of at least 4 members (excludes halogenated alkanes) is 1. The van der Waals surface area contributed by atoms with Crippen LogP contribution < -0.4 is 11.3 Å². The molecule has 3 N–H and O–H groups in total. The van der Waals surface area contributed by atoms with Crippen molar-refractivity contribution in [2.45, 2.75) is 38.1 Å². The van der Waals surface area contributed by atoms with Gasteiger partial charge in [0.25, 0.3) is 0 Å². The molecule has 1 rings (SSSR count). The Morgan fingerprint density at radius 3 is 2.75 bits per heavy atom. The highest BCUT2D eigenvalue weighted by Crippen LogP contribution is 2.26. The highest BCUT2D eigenvalue weighted by Gasteiger charge is 2.27. The topological polar surface area (TPSA) is 67.6 Å². The van der Waals surface area contributed by atoms with Crippen LogP contribution in [0.2, 0.25) is 0 Å². The van der Waals surface area contributed by atoms with Crippen molar-refractivity contribution in [2.75, 3.05) is 26.8 Å². The fourth-order valence-electron chi connectivity index (χ4n) is 1.80. The Hall–Kier alpha value is -0.650. The largest absolute Gasteiger partial charge is 0.383 e. The van der Waals surface area contributed by atoms with Crippen molar-refractivity contribution < 1.29 is 9.53 Å². The molecule has 0 aliphatic heterocycles. The second kappa shape index (κ2) is 7.60. The Morgan fingerprint density at radius 1 is 1.44 bits per heavy atom. The number of rotatable bonds is 9. The maximum Gasteiger partial charge on any atom is 0.233 e. The van der Waals surface area contributed by atoms with Crippen LogP contribution in [0.3, 0.4) is 0 Å². The fourth-order valence-corrected chi connectivity index (χ4v) is 1.80. The molecular weight excluding hydrogens is 206 g/mol. The molecule has 1 saturated carbocycles. The number of methoxy groups -OCH3 is 1. The number of ether oxygens (including phenoxy) is 1. The molecule has 0 spiro atoms. The van der Waals surface area contributed by atoms with Crippen molar-refractivity contribution in [2.24, 2.45) is 5.84 Å². The fraction of sp³-hybridized carbons (Fsp3) is 0.909. The Kier molecular flexibility index (Phi) is 6.37. The third kappa shape index (κ3) is 5.44. The second-order valence-electron chi connectivity index (χ2n) is 4.28. The summed E-state index contributed by atoms with van der Waals surface area (Å²) in [5.41, 5.74) is 2.15. The number of carbonyl (C=O) groups excluding carboxylic acids is 1. The van der Waals surface area contributed by atoms with E-state index in [1.54, 1.807) is 7.11 Å². The molecule has 0 unspecified atom stereocenters. The van der Waals surface area contributed by atoms with Gasteiger partial charge in [0.15, 0.2) is 0 Å². The first-order chi connectivity index (χ1) is 7.77. The van der Waals surface area contributed by atoms with Gasteiger partial charge in [-0.2, -0.15) is 0 Å². The van der Waals surface area contributed by atoms with Crippen LogP contribution >= 0.6 is 0 Å². The molecule has 0 atom stereocenters. The van der Waals surface area contributed by atoms with Crippen molar-refractivity contribution in [3.05, 3.63) is 0 Å². The Balaban J connectivity index is 2.05. The van der Waals surface area contributed by atoms with Gasteiger partial charge >= 0.3 is 0 Å². The molecule has 1 fully saturated rings. The van der Waals surface area contributed by atoms with Crippen LogP contribution in [-0.2, 0) is 9.53 Å². The molecular formula is C11H23N3O2. The average Bonchev–Trinajstić information content (AvgIpc) is 3.11. The normalized spacial score (nSPS) is 15.4. The summed E-state index contributed by atoms with van der Waals surface area (Å²) < 4.78 is 5.09. The lowest BCUT2D eigenvalue weighted by atomic mass is 10.2. The maximum absolute atomic E-state index is 10.9. The Morgan fingerprint density at radius 2 is 2.19 bits per heavy atom. The Labute approximate surface area is 97.3 Å². The van der Waals surface area contributed by atoms with E-state index in [2.05, 4.69) is 10.3 Å². The Bertz CT molecular complexity index is 207. The zero-order chi connectivity index (χ0) is 11.8. The summed E-state index contributed by atoms with van der Waals surface area (Å²) in [6.45, 7) is 2.86. The summed E-state index contributed by atoms with van der Waals surface area (Å²) in [5.74, 6) is 4.94. The first-order valence-electron chi connectivity index (χ1n) is 6.00. The first kappa shape index (κ1) is 13.4. The summed E-state index contributed by atoms with van der Waals surface area (Å²) >= 11 is 0. The van der Waals surface area contributed by atoms with Gasteiger partial charge in [-0.15, -0.1) is 0 Å². The molecule has 94 valence electrons. The molecule has 0 bridgehead atoms. The number of hydrogen-bond donors (Lipinski definition) is 2. The number of nitrogens with one attached hydrogen (secondary N) is 1. The minimum absolute atomic E-state index is 0.0742. The van der Waals surface area contributed by atoms with Gasteiger partial charge in [-0.05, 0) is 32.2 Å². The number of carbonyl (C=O) groups is 1. The number of nitrogens with zero attached hydrogens (tertiary/aromatic N) is 1. The minimum Gasteiger partial charge on any atom is -0.383 e. The van der Waals surface area contributed by atoms with E-state index in [0.29, 0.717) is 6.42 Å². The first-order valence-corrected chi connectivity index (χ1v) is 6.00. The van der Waals surface area contributed by atoms with E-state index < -0.39 is 0 Å². The zero-order valence-electron chi connectivity index (χ0n) is 10.1. The van der Waals surface area contributed by atoms with Crippen LogP contribution in [0, 0.1) is 0 Å². The lowest BCUT2D eigenvalue weighted by Gasteiger charge is -2.21. The van der Waals surface area contributed by atoms with Crippen LogP contribution in [0.1, 0.15) is 32.1 Å². The number of hydrazine groups is 1. The van der Waals surface area contributed by atoms with Gasteiger partial charge in [0, 0.05) is 26.1 Å². The maximum atomic E-state index is 10.9. The van der Waals surface area contributed by atoms with Crippen molar-refractivity contribution in [3.8, 4) is 0 Å². The van der Waals surface area contributed by atoms with Gasteiger partial charge in [0.2, 0.25) is 5.91 Å². The van der Waals surface area contributed by atoms with Crippen LogP contribution in [0.15, 0.2) is 0 Å². The minimum atomic E-state index is -0.0742. The lowest BCUT2D eigenvalue weighted by molar-refractivity contribution is -0.121. The average molecular weight is 229 g/mol. The molecule has 5 heteroatoms. The molecule has 0 aromatic heterocycles. The van der Waals surface area contributed by atoms with Crippen LogP contribution in [-0.4, -0.2) is 43.7 Å². The van der Waals surface area contributed by atoms with Gasteiger partial charge in [-0.25, -0.2) is 5.84 Å². The van der Waals surface area contributed by atoms with E-state index in [0.717, 1.165) is 38.6 Å². The number of amides is 1. The van der Waals surface area contributed by atoms with Gasteiger partial charge in [0.05, 0.1) is 6.61 Å². The van der Waals surface area contributed by atoms with E-state index in [9.17, 15) is 4.79 Å². The predicted octanol–water partition coefficient (Wildman–Crippen LogP) is 0.257. The van der Waals surface area contributed by atoms with Gasteiger partial charge < -0.3 is 4.74 Å². The number of hydrogen-bond acceptors (Lipinski definition) is 4. The second-order valence-corrected chi connectivity index (χ2v) is 4.28. The molecule has 1 aliphatic rings. The molecule has 0 aromatic rings.